The summed E-state index contributed by atoms with van der Waals surface area (Å²) in [6.07, 6.45) is -0.111. The first-order valence-electron chi connectivity index (χ1n) is 10.8. The number of ether oxygens (including phenoxy) is 3. The SMILES string of the molecule is COc1ccc(COC(C)[C@H](Cc2ccc(F)cc2)[C@H](CO)Oc2ccc(C)cc2)cc1. The molecule has 0 aliphatic rings. The van der Waals surface area contributed by atoms with Crippen molar-refractivity contribution in [3.63, 3.8) is 0 Å². The Morgan fingerprint density at radius 1 is 0.844 bits per heavy atom. The predicted molar refractivity (Wildman–Crippen MR) is 124 cm³/mol. The fourth-order valence-corrected chi connectivity index (χ4v) is 3.62. The molecule has 4 nitrogen and oxygen atoms in total. The molecule has 0 radical (unpaired) electrons. The molecule has 170 valence electrons. The Morgan fingerprint density at radius 3 is 2.03 bits per heavy atom. The van der Waals surface area contributed by atoms with Gasteiger partial charge in [-0.05, 0) is 67.8 Å². The summed E-state index contributed by atoms with van der Waals surface area (Å²) >= 11 is 0. The summed E-state index contributed by atoms with van der Waals surface area (Å²) in [4.78, 5) is 0. The van der Waals surface area contributed by atoms with Gasteiger partial charge < -0.3 is 19.3 Å². The van der Waals surface area contributed by atoms with Crippen LogP contribution in [0, 0.1) is 18.7 Å². The maximum atomic E-state index is 13.4. The highest BCUT2D eigenvalue weighted by atomic mass is 19.1. The maximum absolute atomic E-state index is 13.4. The first kappa shape index (κ1) is 23.8. The topological polar surface area (TPSA) is 47.9 Å². The van der Waals surface area contributed by atoms with E-state index in [0.29, 0.717) is 18.8 Å². The van der Waals surface area contributed by atoms with E-state index in [4.69, 9.17) is 14.2 Å². The van der Waals surface area contributed by atoms with E-state index in [1.54, 1.807) is 19.2 Å². The summed E-state index contributed by atoms with van der Waals surface area (Å²) in [6, 6.07) is 21.9. The fraction of sp³-hybridized carbons (Fsp3) is 0.333. The van der Waals surface area contributed by atoms with E-state index < -0.39 is 6.10 Å². The molecule has 0 aliphatic heterocycles. The van der Waals surface area contributed by atoms with E-state index in [-0.39, 0.29) is 24.4 Å². The second-order valence-electron chi connectivity index (χ2n) is 8.01. The molecule has 1 N–H and O–H groups in total. The van der Waals surface area contributed by atoms with Crippen molar-refractivity contribution in [2.75, 3.05) is 13.7 Å². The zero-order chi connectivity index (χ0) is 22.9. The van der Waals surface area contributed by atoms with Crippen LogP contribution in [0.2, 0.25) is 0 Å². The number of aliphatic hydroxyl groups excluding tert-OH is 1. The van der Waals surface area contributed by atoms with Crippen LogP contribution in [0.15, 0.2) is 72.8 Å². The van der Waals surface area contributed by atoms with Crippen molar-refractivity contribution in [2.45, 2.75) is 39.1 Å². The van der Waals surface area contributed by atoms with Crippen molar-refractivity contribution in [1.82, 2.24) is 0 Å². The summed E-state index contributed by atoms with van der Waals surface area (Å²) in [5.74, 6) is 1.07. The molecule has 0 heterocycles. The van der Waals surface area contributed by atoms with Crippen molar-refractivity contribution in [2.24, 2.45) is 5.92 Å². The Bertz CT molecular complexity index is 939. The predicted octanol–water partition coefficient (Wildman–Crippen LogP) is 5.35. The molecular formula is C27H31FO4. The van der Waals surface area contributed by atoms with Gasteiger partial charge >= 0.3 is 0 Å². The van der Waals surface area contributed by atoms with Gasteiger partial charge in [0.05, 0.1) is 26.4 Å². The summed E-state index contributed by atoms with van der Waals surface area (Å²) in [5, 5.41) is 10.2. The Morgan fingerprint density at radius 2 is 1.44 bits per heavy atom. The lowest BCUT2D eigenvalue weighted by molar-refractivity contribution is -0.0415. The zero-order valence-corrected chi connectivity index (χ0v) is 18.8. The smallest absolute Gasteiger partial charge is 0.127 e. The molecule has 32 heavy (non-hydrogen) atoms. The van der Waals surface area contributed by atoms with Gasteiger partial charge in [0.25, 0.3) is 0 Å². The molecule has 0 aliphatic carbocycles. The molecule has 0 aromatic heterocycles. The zero-order valence-electron chi connectivity index (χ0n) is 18.8. The third kappa shape index (κ3) is 6.81. The molecule has 0 spiro atoms. The standard InChI is InChI=1S/C27H31FO4/c1-19-4-12-25(13-5-19)32-27(17-29)26(16-21-6-10-23(28)11-7-21)20(2)31-18-22-8-14-24(30-3)15-9-22/h4-15,20,26-27,29H,16-18H2,1-3H3/t20?,26-,27-/m0/s1. The molecule has 1 unspecified atom stereocenters. The minimum atomic E-state index is -0.478. The molecule has 5 heteroatoms. The number of aliphatic hydroxyl groups is 1. The van der Waals surface area contributed by atoms with E-state index in [1.807, 2.05) is 62.4 Å². The Kier molecular flexibility index (Phi) is 8.65. The lowest BCUT2D eigenvalue weighted by Crippen LogP contribution is -2.39. The second-order valence-corrected chi connectivity index (χ2v) is 8.01. The number of methoxy groups -OCH3 is 1. The number of rotatable bonds is 11. The van der Waals surface area contributed by atoms with Crippen LogP contribution in [0.4, 0.5) is 4.39 Å². The lowest BCUT2D eigenvalue weighted by atomic mass is 9.89. The van der Waals surface area contributed by atoms with Crippen LogP contribution < -0.4 is 9.47 Å². The third-order valence-corrected chi connectivity index (χ3v) is 5.63. The largest absolute Gasteiger partial charge is 0.497 e. The van der Waals surface area contributed by atoms with Crippen molar-refractivity contribution in [1.29, 1.82) is 0 Å². The van der Waals surface area contributed by atoms with Gasteiger partial charge in [-0.3, -0.25) is 0 Å². The fourth-order valence-electron chi connectivity index (χ4n) is 3.62. The first-order chi connectivity index (χ1) is 15.5. The summed E-state index contributed by atoms with van der Waals surface area (Å²) < 4.78 is 31.0. The van der Waals surface area contributed by atoms with Crippen LogP contribution in [-0.2, 0) is 17.8 Å². The van der Waals surface area contributed by atoms with Crippen molar-refractivity contribution in [3.05, 3.63) is 95.3 Å². The average molecular weight is 439 g/mol. The summed E-state index contributed by atoms with van der Waals surface area (Å²) in [5.41, 5.74) is 3.12. The number of hydrogen-bond acceptors (Lipinski definition) is 4. The minimum absolute atomic E-state index is 0.148. The van der Waals surface area contributed by atoms with Gasteiger partial charge in [-0.25, -0.2) is 4.39 Å². The highest BCUT2D eigenvalue weighted by Gasteiger charge is 2.29. The average Bonchev–Trinajstić information content (AvgIpc) is 2.82. The highest BCUT2D eigenvalue weighted by molar-refractivity contribution is 5.27. The van der Waals surface area contributed by atoms with Crippen LogP contribution in [0.25, 0.3) is 0 Å². The van der Waals surface area contributed by atoms with Crippen molar-refractivity contribution >= 4 is 0 Å². The molecule has 0 fully saturated rings. The maximum Gasteiger partial charge on any atom is 0.127 e. The van der Waals surface area contributed by atoms with E-state index in [2.05, 4.69) is 0 Å². The Labute approximate surface area is 189 Å². The molecule has 3 rings (SSSR count). The quantitative estimate of drug-likeness (QED) is 0.439. The van der Waals surface area contributed by atoms with Gasteiger partial charge in [0.15, 0.2) is 0 Å². The van der Waals surface area contributed by atoms with E-state index in [9.17, 15) is 9.50 Å². The first-order valence-corrected chi connectivity index (χ1v) is 10.8. The minimum Gasteiger partial charge on any atom is -0.497 e. The molecule has 0 saturated carbocycles. The number of halogens is 1. The lowest BCUT2D eigenvalue weighted by Gasteiger charge is -2.31. The molecule has 3 aromatic carbocycles. The molecule has 0 amide bonds. The molecule has 3 aromatic rings. The highest BCUT2D eigenvalue weighted by Crippen LogP contribution is 2.25. The Hall–Kier alpha value is -2.89. The molecular weight excluding hydrogens is 407 g/mol. The summed E-state index contributed by atoms with van der Waals surface area (Å²) in [6.45, 7) is 4.27. The van der Waals surface area contributed by atoms with Gasteiger partial charge in [-0.2, -0.15) is 0 Å². The molecule has 3 atom stereocenters. The third-order valence-electron chi connectivity index (χ3n) is 5.63. The van der Waals surface area contributed by atoms with Gasteiger partial charge in [0.1, 0.15) is 23.4 Å². The van der Waals surface area contributed by atoms with Gasteiger partial charge in [-0.15, -0.1) is 0 Å². The molecule has 0 saturated heterocycles. The van der Waals surface area contributed by atoms with Crippen LogP contribution >= 0.6 is 0 Å². The van der Waals surface area contributed by atoms with Crippen LogP contribution in [0.3, 0.4) is 0 Å². The van der Waals surface area contributed by atoms with Crippen LogP contribution in [-0.4, -0.2) is 31.0 Å². The normalized spacial score (nSPS) is 13.9. The van der Waals surface area contributed by atoms with Crippen LogP contribution in [0.5, 0.6) is 11.5 Å². The van der Waals surface area contributed by atoms with Gasteiger partial charge in [0.2, 0.25) is 0 Å². The second kappa shape index (κ2) is 11.7. The van der Waals surface area contributed by atoms with Gasteiger partial charge in [-0.1, -0.05) is 42.0 Å². The van der Waals surface area contributed by atoms with Gasteiger partial charge in [0, 0.05) is 5.92 Å². The monoisotopic (exact) mass is 438 g/mol. The summed E-state index contributed by atoms with van der Waals surface area (Å²) in [7, 11) is 1.64. The number of hydrogen-bond donors (Lipinski definition) is 1. The van der Waals surface area contributed by atoms with Crippen molar-refractivity contribution < 1.29 is 23.7 Å². The van der Waals surface area contributed by atoms with Crippen LogP contribution in [0.1, 0.15) is 23.6 Å². The van der Waals surface area contributed by atoms with E-state index >= 15 is 0 Å². The number of aryl methyl sites for hydroxylation is 1. The van der Waals surface area contributed by atoms with Crippen molar-refractivity contribution in [3.8, 4) is 11.5 Å². The number of benzene rings is 3. The van der Waals surface area contributed by atoms with E-state index in [1.165, 1.54) is 12.1 Å². The Balaban J connectivity index is 1.75. The van der Waals surface area contributed by atoms with E-state index in [0.717, 1.165) is 22.4 Å². The molecule has 0 bridgehead atoms.